The van der Waals surface area contributed by atoms with E-state index in [0.717, 1.165) is 19.4 Å². The van der Waals surface area contributed by atoms with Crippen molar-refractivity contribution in [2.24, 2.45) is 0 Å². The second-order valence-electron chi connectivity index (χ2n) is 6.24. The van der Waals surface area contributed by atoms with E-state index in [1.807, 2.05) is 0 Å². The average molecular weight is 274 g/mol. The normalized spacial score (nSPS) is 19.6. The molecule has 1 N–H and O–H groups in total. The van der Waals surface area contributed by atoms with Gasteiger partial charge in [0.25, 0.3) is 0 Å². The summed E-state index contributed by atoms with van der Waals surface area (Å²) < 4.78 is 0. The van der Waals surface area contributed by atoms with Crippen LogP contribution in [0, 0.1) is 0 Å². The van der Waals surface area contributed by atoms with Crippen LogP contribution in [0.1, 0.15) is 51.7 Å². The van der Waals surface area contributed by atoms with Crippen LogP contribution in [0.15, 0.2) is 18.2 Å². The first kappa shape index (κ1) is 15.4. The van der Waals surface area contributed by atoms with Crippen molar-refractivity contribution in [1.29, 1.82) is 0 Å². The summed E-state index contributed by atoms with van der Waals surface area (Å²) in [6.07, 6.45) is 4.86. The van der Waals surface area contributed by atoms with Crippen LogP contribution in [0.2, 0.25) is 0 Å². The Kier molecular flexibility index (Phi) is 5.47. The predicted octanol–water partition coefficient (Wildman–Crippen LogP) is 3.78. The summed E-state index contributed by atoms with van der Waals surface area (Å²) in [4.78, 5) is 2.63. The molecule has 20 heavy (non-hydrogen) atoms. The highest BCUT2D eigenvalue weighted by molar-refractivity contribution is 5.60. The summed E-state index contributed by atoms with van der Waals surface area (Å²) in [5, 5.41) is 3.71. The molecule has 1 aromatic rings. The Balaban J connectivity index is 2.21. The summed E-state index contributed by atoms with van der Waals surface area (Å²) >= 11 is 0. The van der Waals surface area contributed by atoms with Crippen molar-refractivity contribution < 1.29 is 0 Å². The zero-order valence-corrected chi connectivity index (χ0v) is 13.6. The fraction of sp³-hybridized carbons (Fsp3) is 0.667. The topological polar surface area (TPSA) is 15.3 Å². The Morgan fingerprint density at radius 2 is 1.85 bits per heavy atom. The summed E-state index contributed by atoms with van der Waals surface area (Å²) in [5.41, 5.74) is 4.54. The summed E-state index contributed by atoms with van der Waals surface area (Å²) in [6, 6.07) is 8.03. The number of aryl methyl sites for hydroxylation is 2. The van der Waals surface area contributed by atoms with Crippen LogP contribution < -0.4 is 10.2 Å². The minimum absolute atomic E-state index is 0.576. The molecular formula is C18H30N2. The van der Waals surface area contributed by atoms with Crippen molar-refractivity contribution in [1.82, 2.24) is 5.32 Å². The molecule has 0 amide bonds. The highest BCUT2D eigenvalue weighted by atomic mass is 15.2. The van der Waals surface area contributed by atoms with Crippen LogP contribution in [0.3, 0.4) is 0 Å². The summed E-state index contributed by atoms with van der Waals surface area (Å²) in [5.74, 6) is 0. The van der Waals surface area contributed by atoms with E-state index in [2.05, 4.69) is 56.1 Å². The fourth-order valence-electron chi connectivity index (χ4n) is 3.41. The molecule has 0 aliphatic carbocycles. The third kappa shape index (κ3) is 3.54. The SMILES string of the molecule is CCc1cccc(CC)c1N1CCCC(NC(C)C)C1. The van der Waals surface area contributed by atoms with E-state index < -0.39 is 0 Å². The van der Waals surface area contributed by atoms with Gasteiger partial charge in [-0.05, 0) is 36.8 Å². The van der Waals surface area contributed by atoms with E-state index in [1.54, 1.807) is 0 Å². The Labute approximate surface area is 124 Å². The number of piperidine rings is 1. The minimum atomic E-state index is 0.576. The van der Waals surface area contributed by atoms with Crippen LogP contribution in [0.5, 0.6) is 0 Å². The zero-order valence-electron chi connectivity index (χ0n) is 13.6. The number of hydrogen-bond acceptors (Lipinski definition) is 2. The monoisotopic (exact) mass is 274 g/mol. The van der Waals surface area contributed by atoms with Crippen molar-refractivity contribution in [2.45, 2.75) is 65.5 Å². The van der Waals surface area contributed by atoms with E-state index in [1.165, 1.54) is 36.2 Å². The van der Waals surface area contributed by atoms with Crippen LogP contribution >= 0.6 is 0 Å². The van der Waals surface area contributed by atoms with Crippen molar-refractivity contribution in [3.05, 3.63) is 29.3 Å². The van der Waals surface area contributed by atoms with Crippen LogP contribution in [-0.2, 0) is 12.8 Å². The van der Waals surface area contributed by atoms with Gasteiger partial charge in [0, 0.05) is 30.9 Å². The summed E-state index contributed by atoms with van der Waals surface area (Å²) in [7, 11) is 0. The van der Waals surface area contributed by atoms with Gasteiger partial charge in [0.05, 0.1) is 0 Å². The molecule has 1 unspecified atom stereocenters. The van der Waals surface area contributed by atoms with Crippen LogP contribution in [0.4, 0.5) is 5.69 Å². The molecule has 0 aromatic heterocycles. The molecule has 2 rings (SSSR count). The van der Waals surface area contributed by atoms with Gasteiger partial charge in [-0.15, -0.1) is 0 Å². The number of hydrogen-bond donors (Lipinski definition) is 1. The number of para-hydroxylation sites is 1. The van der Waals surface area contributed by atoms with E-state index in [-0.39, 0.29) is 0 Å². The Hall–Kier alpha value is -1.02. The first-order valence-electron chi connectivity index (χ1n) is 8.27. The maximum absolute atomic E-state index is 3.71. The third-order valence-corrected chi connectivity index (χ3v) is 4.27. The molecule has 0 bridgehead atoms. The van der Waals surface area contributed by atoms with Gasteiger partial charge in [0.1, 0.15) is 0 Å². The average Bonchev–Trinajstić information content (AvgIpc) is 2.45. The van der Waals surface area contributed by atoms with E-state index in [4.69, 9.17) is 0 Å². The van der Waals surface area contributed by atoms with Gasteiger partial charge < -0.3 is 10.2 Å². The van der Waals surface area contributed by atoms with Crippen molar-refractivity contribution >= 4 is 5.69 Å². The molecule has 0 spiro atoms. The Bertz CT molecular complexity index is 403. The molecule has 112 valence electrons. The zero-order chi connectivity index (χ0) is 14.5. The number of rotatable bonds is 5. The lowest BCUT2D eigenvalue weighted by molar-refractivity contribution is 0.394. The molecule has 0 radical (unpaired) electrons. The molecule has 1 fully saturated rings. The lowest BCUT2D eigenvalue weighted by atomic mass is 9.98. The molecule has 1 atom stereocenters. The second-order valence-corrected chi connectivity index (χ2v) is 6.24. The van der Waals surface area contributed by atoms with E-state index >= 15 is 0 Å². The predicted molar refractivity (Wildman–Crippen MR) is 88.7 cm³/mol. The molecule has 0 saturated carbocycles. The Morgan fingerprint density at radius 1 is 1.20 bits per heavy atom. The third-order valence-electron chi connectivity index (χ3n) is 4.27. The first-order chi connectivity index (χ1) is 9.65. The van der Waals surface area contributed by atoms with Crippen molar-refractivity contribution in [3.63, 3.8) is 0 Å². The van der Waals surface area contributed by atoms with E-state index in [9.17, 15) is 0 Å². The maximum atomic E-state index is 3.71. The molecule has 2 heteroatoms. The number of benzene rings is 1. The minimum Gasteiger partial charge on any atom is -0.370 e. The fourth-order valence-corrected chi connectivity index (χ4v) is 3.41. The smallest absolute Gasteiger partial charge is 0.0431 e. The molecule has 1 heterocycles. The van der Waals surface area contributed by atoms with Gasteiger partial charge >= 0.3 is 0 Å². The molecule has 2 nitrogen and oxygen atoms in total. The highest BCUT2D eigenvalue weighted by Crippen LogP contribution is 2.29. The number of anilines is 1. The van der Waals surface area contributed by atoms with Crippen molar-refractivity contribution in [2.75, 3.05) is 18.0 Å². The number of nitrogens with one attached hydrogen (secondary N) is 1. The quantitative estimate of drug-likeness (QED) is 0.879. The van der Waals surface area contributed by atoms with Gasteiger partial charge in [-0.25, -0.2) is 0 Å². The Morgan fingerprint density at radius 3 is 2.40 bits per heavy atom. The molecule has 1 aromatic carbocycles. The van der Waals surface area contributed by atoms with Gasteiger partial charge in [-0.2, -0.15) is 0 Å². The standard InChI is InChI=1S/C18H30N2/c1-5-15-9-7-10-16(6-2)18(15)20-12-8-11-17(13-20)19-14(3)4/h7,9-10,14,17,19H,5-6,8,11-13H2,1-4H3. The molecule has 1 saturated heterocycles. The number of nitrogens with zero attached hydrogens (tertiary/aromatic N) is 1. The van der Waals surface area contributed by atoms with Crippen LogP contribution in [0.25, 0.3) is 0 Å². The van der Waals surface area contributed by atoms with Gasteiger partial charge in [0.15, 0.2) is 0 Å². The van der Waals surface area contributed by atoms with Gasteiger partial charge in [0.2, 0.25) is 0 Å². The highest BCUT2D eigenvalue weighted by Gasteiger charge is 2.23. The summed E-state index contributed by atoms with van der Waals surface area (Å²) in [6.45, 7) is 11.4. The van der Waals surface area contributed by atoms with Crippen LogP contribution in [-0.4, -0.2) is 25.2 Å². The van der Waals surface area contributed by atoms with Crippen molar-refractivity contribution in [3.8, 4) is 0 Å². The maximum Gasteiger partial charge on any atom is 0.0431 e. The second kappa shape index (κ2) is 7.12. The first-order valence-corrected chi connectivity index (χ1v) is 8.27. The van der Waals surface area contributed by atoms with Gasteiger partial charge in [-0.3, -0.25) is 0 Å². The largest absolute Gasteiger partial charge is 0.370 e. The lowest BCUT2D eigenvalue weighted by Crippen LogP contribution is -2.48. The molecule has 1 aliphatic rings. The van der Waals surface area contributed by atoms with E-state index in [0.29, 0.717) is 12.1 Å². The molecule has 1 aliphatic heterocycles. The van der Waals surface area contributed by atoms with Gasteiger partial charge in [-0.1, -0.05) is 45.9 Å². The molecular weight excluding hydrogens is 244 g/mol. The lowest BCUT2D eigenvalue weighted by Gasteiger charge is -2.38.